The average Bonchev–Trinajstić information content (AvgIpc) is 2.37. The van der Waals surface area contributed by atoms with E-state index in [1.54, 1.807) is 0 Å². The number of benzene rings is 1. The summed E-state index contributed by atoms with van der Waals surface area (Å²) in [5.41, 5.74) is 1.16. The highest BCUT2D eigenvalue weighted by atomic mass is 79.9. The molecular weight excluding hydrogens is 294 g/mol. The number of carbonyl (C=O) groups is 1. The standard InChI is InChI=1S/C14H20BrNO2/c1-16-8-4-6-12(14(17)18-2)9-11-5-3-7-13(15)10-11/h3,5,7,10,12,16H,4,6,8-9H2,1-2H3. The smallest absolute Gasteiger partial charge is 0.308 e. The first-order chi connectivity index (χ1) is 8.67. The first-order valence-corrected chi connectivity index (χ1v) is 6.93. The second-order valence-electron chi connectivity index (χ2n) is 4.30. The molecule has 0 amide bonds. The van der Waals surface area contributed by atoms with Crippen molar-refractivity contribution in [2.75, 3.05) is 20.7 Å². The second-order valence-corrected chi connectivity index (χ2v) is 5.22. The number of hydrogen-bond donors (Lipinski definition) is 1. The van der Waals surface area contributed by atoms with Gasteiger partial charge in [-0.15, -0.1) is 0 Å². The molecular formula is C14H20BrNO2. The maximum Gasteiger partial charge on any atom is 0.308 e. The SMILES string of the molecule is CNCCCC(Cc1cccc(Br)c1)C(=O)OC. The molecule has 0 spiro atoms. The van der Waals surface area contributed by atoms with Gasteiger partial charge in [-0.25, -0.2) is 0 Å². The number of esters is 1. The van der Waals surface area contributed by atoms with E-state index in [-0.39, 0.29) is 11.9 Å². The van der Waals surface area contributed by atoms with E-state index in [0.29, 0.717) is 0 Å². The Balaban J connectivity index is 2.62. The molecule has 0 fully saturated rings. The Bertz CT molecular complexity index is 382. The molecule has 0 saturated carbocycles. The maximum atomic E-state index is 11.7. The van der Waals surface area contributed by atoms with Crippen molar-refractivity contribution in [2.24, 2.45) is 5.92 Å². The lowest BCUT2D eigenvalue weighted by Gasteiger charge is -2.14. The van der Waals surface area contributed by atoms with Gasteiger partial charge < -0.3 is 10.1 Å². The first kappa shape index (κ1) is 15.2. The van der Waals surface area contributed by atoms with Crippen molar-refractivity contribution < 1.29 is 9.53 Å². The van der Waals surface area contributed by atoms with Crippen LogP contribution in [0.2, 0.25) is 0 Å². The highest BCUT2D eigenvalue weighted by molar-refractivity contribution is 9.10. The lowest BCUT2D eigenvalue weighted by atomic mass is 9.95. The van der Waals surface area contributed by atoms with Crippen molar-refractivity contribution in [1.82, 2.24) is 5.32 Å². The van der Waals surface area contributed by atoms with Crippen LogP contribution in [-0.2, 0) is 16.0 Å². The zero-order chi connectivity index (χ0) is 13.4. The van der Waals surface area contributed by atoms with Crippen molar-refractivity contribution >= 4 is 21.9 Å². The van der Waals surface area contributed by atoms with Gasteiger partial charge in [0.2, 0.25) is 0 Å². The predicted molar refractivity (Wildman–Crippen MR) is 76.5 cm³/mol. The van der Waals surface area contributed by atoms with Gasteiger partial charge in [0.25, 0.3) is 0 Å². The lowest BCUT2D eigenvalue weighted by Crippen LogP contribution is -2.20. The van der Waals surface area contributed by atoms with Gasteiger partial charge in [0.05, 0.1) is 13.0 Å². The Morgan fingerprint density at radius 2 is 2.28 bits per heavy atom. The fourth-order valence-electron chi connectivity index (χ4n) is 1.94. The van der Waals surface area contributed by atoms with Crippen molar-refractivity contribution in [1.29, 1.82) is 0 Å². The zero-order valence-corrected chi connectivity index (χ0v) is 12.5. The van der Waals surface area contributed by atoms with Crippen LogP contribution in [0.25, 0.3) is 0 Å². The number of hydrogen-bond acceptors (Lipinski definition) is 3. The summed E-state index contributed by atoms with van der Waals surface area (Å²) in [7, 11) is 3.37. The van der Waals surface area contributed by atoms with Gasteiger partial charge in [-0.3, -0.25) is 4.79 Å². The molecule has 1 N–H and O–H groups in total. The van der Waals surface area contributed by atoms with Gasteiger partial charge in [-0.05, 0) is 50.6 Å². The van der Waals surface area contributed by atoms with Crippen molar-refractivity contribution in [2.45, 2.75) is 19.3 Å². The fourth-order valence-corrected chi connectivity index (χ4v) is 2.39. The maximum absolute atomic E-state index is 11.7. The summed E-state index contributed by atoms with van der Waals surface area (Å²) in [4.78, 5) is 11.7. The summed E-state index contributed by atoms with van der Waals surface area (Å²) in [6, 6.07) is 8.06. The van der Waals surface area contributed by atoms with E-state index in [1.165, 1.54) is 7.11 Å². The largest absolute Gasteiger partial charge is 0.469 e. The Morgan fingerprint density at radius 3 is 2.89 bits per heavy atom. The third kappa shape index (κ3) is 5.19. The number of halogens is 1. The molecule has 18 heavy (non-hydrogen) atoms. The molecule has 1 aromatic carbocycles. The van der Waals surface area contributed by atoms with E-state index in [9.17, 15) is 4.79 Å². The summed E-state index contributed by atoms with van der Waals surface area (Å²) in [6.45, 7) is 0.923. The third-order valence-corrected chi connectivity index (χ3v) is 3.38. The van der Waals surface area contributed by atoms with Crippen molar-refractivity contribution in [3.8, 4) is 0 Å². The number of methoxy groups -OCH3 is 1. The van der Waals surface area contributed by atoms with Gasteiger partial charge in [0.15, 0.2) is 0 Å². The molecule has 3 nitrogen and oxygen atoms in total. The van der Waals surface area contributed by atoms with Crippen molar-refractivity contribution in [3.63, 3.8) is 0 Å². The molecule has 0 heterocycles. The first-order valence-electron chi connectivity index (χ1n) is 6.14. The van der Waals surface area contributed by atoms with Crippen LogP contribution in [0.3, 0.4) is 0 Å². The summed E-state index contributed by atoms with van der Waals surface area (Å²) in [6.07, 6.45) is 2.56. The van der Waals surface area contributed by atoms with Crippen LogP contribution in [0.4, 0.5) is 0 Å². The Hall–Kier alpha value is -0.870. The van der Waals surface area contributed by atoms with Gasteiger partial charge in [-0.2, -0.15) is 0 Å². The quantitative estimate of drug-likeness (QED) is 0.621. The van der Waals surface area contributed by atoms with Gasteiger partial charge in [-0.1, -0.05) is 28.1 Å². The van der Waals surface area contributed by atoms with E-state index in [0.717, 1.165) is 35.8 Å². The van der Waals surface area contributed by atoms with Crippen LogP contribution in [0, 0.1) is 5.92 Å². The summed E-state index contributed by atoms with van der Waals surface area (Å²) < 4.78 is 5.92. The number of carbonyl (C=O) groups excluding carboxylic acids is 1. The molecule has 4 heteroatoms. The normalized spacial score (nSPS) is 12.2. The molecule has 1 rings (SSSR count). The topological polar surface area (TPSA) is 38.3 Å². The molecule has 0 bridgehead atoms. The fraction of sp³-hybridized carbons (Fsp3) is 0.500. The molecule has 0 aliphatic rings. The van der Waals surface area contributed by atoms with Crippen LogP contribution < -0.4 is 5.32 Å². The summed E-state index contributed by atoms with van der Waals surface area (Å²) in [5.74, 6) is -0.177. The Labute approximate surface area is 117 Å². The third-order valence-electron chi connectivity index (χ3n) is 2.89. The predicted octanol–water partition coefficient (Wildman–Crippen LogP) is 2.78. The summed E-state index contributed by atoms with van der Waals surface area (Å²) in [5, 5.41) is 3.09. The van der Waals surface area contributed by atoms with Crippen LogP contribution in [-0.4, -0.2) is 26.7 Å². The monoisotopic (exact) mass is 313 g/mol. The average molecular weight is 314 g/mol. The van der Waals surface area contributed by atoms with E-state index in [4.69, 9.17) is 4.74 Å². The number of nitrogens with one attached hydrogen (secondary N) is 1. The minimum absolute atomic E-state index is 0.0577. The molecule has 0 aliphatic carbocycles. The Kier molecular flexibility index (Phi) is 6.98. The highest BCUT2D eigenvalue weighted by Gasteiger charge is 2.19. The summed E-state index contributed by atoms with van der Waals surface area (Å²) >= 11 is 3.44. The Morgan fingerprint density at radius 1 is 1.50 bits per heavy atom. The molecule has 0 aromatic heterocycles. The zero-order valence-electron chi connectivity index (χ0n) is 10.9. The molecule has 100 valence electrons. The van der Waals surface area contributed by atoms with Gasteiger partial charge in [0.1, 0.15) is 0 Å². The van der Waals surface area contributed by atoms with E-state index >= 15 is 0 Å². The number of ether oxygens (including phenoxy) is 1. The van der Waals surface area contributed by atoms with Crippen LogP contribution in [0.5, 0.6) is 0 Å². The van der Waals surface area contributed by atoms with Crippen LogP contribution in [0.15, 0.2) is 28.7 Å². The minimum Gasteiger partial charge on any atom is -0.469 e. The molecule has 1 atom stereocenters. The second kappa shape index (κ2) is 8.27. The molecule has 1 aromatic rings. The van der Waals surface area contributed by atoms with Crippen LogP contribution in [0.1, 0.15) is 18.4 Å². The van der Waals surface area contributed by atoms with Gasteiger partial charge >= 0.3 is 5.97 Å². The lowest BCUT2D eigenvalue weighted by molar-refractivity contribution is -0.145. The van der Waals surface area contributed by atoms with E-state index < -0.39 is 0 Å². The molecule has 0 saturated heterocycles. The number of rotatable bonds is 7. The molecule has 1 unspecified atom stereocenters. The van der Waals surface area contributed by atoms with Gasteiger partial charge in [0, 0.05) is 4.47 Å². The van der Waals surface area contributed by atoms with Crippen molar-refractivity contribution in [3.05, 3.63) is 34.3 Å². The van der Waals surface area contributed by atoms with Crippen LogP contribution >= 0.6 is 15.9 Å². The minimum atomic E-state index is -0.119. The highest BCUT2D eigenvalue weighted by Crippen LogP contribution is 2.19. The van der Waals surface area contributed by atoms with E-state index in [2.05, 4.69) is 21.2 Å². The molecule has 0 radical (unpaired) electrons. The van der Waals surface area contributed by atoms with E-state index in [1.807, 2.05) is 31.3 Å². The molecule has 0 aliphatic heterocycles.